The fraction of sp³-hybridized carbons (Fsp3) is 1.00. The van der Waals surface area contributed by atoms with Crippen LogP contribution >= 0.6 is 0 Å². The molecule has 0 aromatic rings. The van der Waals surface area contributed by atoms with Crippen LogP contribution in [0.2, 0.25) is 0 Å². The molecule has 10 nitrogen and oxygen atoms in total. The van der Waals surface area contributed by atoms with Gasteiger partial charge in [0.15, 0.2) is 5.08 Å². The van der Waals surface area contributed by atoms with Crippen molar-refractivity contribution in [3.63, 3.8) is 0 Å². The molecule has 0 aromatic carbocycles. The van der Waals surface area contributed by atoms with Crippen molar-refractivity contribution in [3.8, 4) is 0 Å². The molecule has 0 heterocycles. The van der Waals surface area contributed by atoms with E-state index in [0.717, 1.165) is 0 Å². The van der Waals surface area contributed by atoms with Gasteiger partial charge in [-0.25, -0.2) is 16.8 Å². The summed E-state index contributed by atoms with van der Waals surface area (Å²) in [7, 11) is -8.91. The molecule has 0 aliphatic heterocycles. The van der Waals surface area contributed by atoms with E-state index in [9.17, 15) is 16.8 Å². The lowest BCUT2D eigenvalue weighted by molar-refractivity contribution is 0.590. The second-order valence-electron chi connectivity index (χ2n) is 1.62. The van der Waals surface area contributed by atoms with E-state index >= 15 is 0 Å². The van der Waals surface area contributed by atoms with Crippen LogP contribution in [0.1, 0.15) is 0 Å². The van der Waals surface area contributed by atoms with E-state index in [4.69, 9.17) is 11.1 Å². The predicted molar refractivity (Wildman–Crippen MR) is 41.0 cm³/mol. The van der Waals surface area contributed by atoms with Gasteiger partial charge in [0.2, 0.25) is 20.0 Å². The van der Waals surface area contributed by atoms with Gasteiger partial charge in [0.05, 0.1) is 0 Å². The van der Waals surface area contributed by atoms with Gasteiger partial charge >= 0.3 is 0 Å². The van der Waals surface area contributed by atoms with Crippen LogP contribution in [-0.2, 0) is 20.0 Å². The molecule has 0 unspecified atom stereocenters. The number of hydrogen-bond donors (Lipinski definition) is 0. The van der Waals surface area contributed by atoms with Gasteiger partial charge in [0.1, 0.15) is 0 Å². The van der Waals surface area contributed by atoms with E-state index in [1.165, 1.54) is 0 Å². The lowest BCUT2D eigenvalue weighted by Gasteiger charge is -1.91. The van der Waals surface area contributed by atoms with Crippen LogP contribution in [0, 0.1) is 0 Å². The third-order valence-electron chi connectivity index (χ3n) is 0.620. The quantitative estimate of drug-likeness (QED) is 0.380. The summed E-state index contributed by atoms with van der Waals surface area (Å²) in [5.41, 5.74) is 15.4. The van der Waals surface area contributed by atoms with Crippen molar-refractivity contribution in [1.82, 2.24) is 0 Å². The SMILES string of the molecule is [N-]=[N+]=NS(=O)(=O)CS(=O)(=O)N=[N+]=[N-]. The Morgan fingerprint density at radius 3 is 1.46 bits per heavy atom. The maximum Gasteiger partial charge on any atom is 0.250 e. The maximum absolute atomic E-state index is 10.5. The Bertz CT molecular complexity index is 427. The van der Waals surface area contributed by atoms with E-state index < -0.39 is 25.1 Å². The van der Waals surface area contributed by atoms with Crippen LogP contribution in [0.25, 0.3) is 20.9 Å². The van der Waals surface area contributed by atoms with E-state index in [1.54, 1.807) is 0 Å². The molecule has 0 saturated heterocycles. The highest BCUT2D eigenvalue weighted by molar-refractivity contribution is 8.06. The molecule has 0 aliphatic carbocycles. The number of hydrogen-bond acceptors (Lipinski definition) is 4. The zero-order valence-corrected chi connectivity index (χ0v) is 7.47. The summed E-state index contributed by atoms with van der Waals surface area (Å²) in [4.78, 5) is 3.78. The number of nitrogens with zero attached hydrogens (tertiary/aromatic N) is 6. The first kappa shape index (κ1) is 11.5. The van der Waals surface area contributed by atoms with Gasteiger partial charge in [-0.15, -0.1) is 0 Å². The lowest BCUT2D eigenvalue weighted by Crippen LogP contribution is -2.10. The summed E-state index contributed by atoms with van der Waals surface area (Å²) in [5.74, 6) is 0. The van der Waals surface area contributed by atoms with Gasteiger partial charge in [0.25, 0.3) is 0 Å². The largest absolute Gasteiger partial charge is 0.250 e. The standard InChI is InChI=1S/CH2N6O4S2/c2-4-6-12(8,9)1-13(10,11)7-5-3/h1H2. The molecule has 13 heavy (non-hydrogen) atoms. The number of sulfonamides is 2. The normalized spacial score (nSPS) is 11.1. The molecule has 0 rings (SSSR count). The Morgan fingerprint density at radius 1 is 0.923 bits per heavy atom. The van der Waals surface area contributed by atoms with Gasteiger partial charge in [-0.05, 0) is 11.1 Å². The first-order chi connectivity index (χ1) is 5.83. The maximum atomic E-state index is 10.5. The third-order valence-corrected chi connectivity index (χ3v) is 3.65. The fourth-order valence-corrected chi connectivity index (χ4v) is 2.45. The molecule has 0 N–H and O–H groups in total. The van der Waals surface area contributed by atoms with Crippen LogP contribution in [0.3, 0.4) is 0 Å². The van der Waals surface area contributed by atoms with Crippen molar-refractivity contribution in [2.45, 2.75) is 0 Å². The molecule has 0 amide bonds. The van der Waals surface area contributed by atoms with Crippen LogP contribution < -0.4 is 0 Å². The molecular weight excluding hydrogens is 224 g/mol. The van der Waals surface area contributed by atoms with E-state index in [2.05, 4.69) is 9.04 Å². The first-order valence-corrected chi connectivity index (χ1v) is 5.63. The Labute approximate surface area is 72.5 Å². The summed E-state index contributed by atoms with van der Waals surface area (Å²) in [6, 6.07) is 0. The molecule has 72 valence electrons. The van der Waals surface area contributed by atoms with Crippen molar-refractivity contribution >= 4 is 20.0 Å². The summed E-state index contributed by atoms with van der Waals surface area (Å²) < 4.78 is 46.6. The molecule has 0 aliphatic rings. The summed E-state index contributed by atoms with van der Waals surface area (Å²) >= 11 is 0. The van der Waals surface area contributed by atoms with Crippen molar-refractivity contribution in [2.24, 2.45) is 9.04 Å². The van der Waals surface area contributed by atoms with E-state index in [-0.39, 0.29) is 0 Å². The molecule has 0 fully saturated rings. The average Bonchev–Trinajstić information content (AvgIpc) is 1.82. The van der Waals surface area contributed by atoms with Crippen molar-refractivity contribution in [3.05, 3.63) is 20.9 Å². The van der Waals surface area contributed by atoms with Gasteiger partial charge < -0.3 is 0 Å². The Morgan fingerprint density at radius 2 is 1.23 bits per heavy atom. The summed E-state index contributed by atoms with van der Waals surface area (Å²) in [6.45, 7) is 0. The summed E-state index contributed by atoms with van der Waals surface area (Å²) in [5, 5.41) is -1.53. The monoisotopic (exact) mass is 226 g/mol. The molecule has 0 bridgehead atoms. The predicted octanol–water partition coefficient (Wildman–Crippen LogP) is 0.224. The highest BCUT2D eigenvalue weighted by atomic mass is 32.3. The van der Waals surface area contributed by atoms with E-state index in [0.29, 0.717) is 0 Å². The smallest absolute Gasteiger partial charge is 0.220 e. The molecule has 0 aromatic heterocycles. The molecule has 0 atom stereocenters. The Kier molecular flexibility index (Phi) is 3.51. The highest BCUT2D eigenvalue weighted by Crippen LogP contribution is 2.01. The van der Waals surface area contributed by atoms with Crippen LogP contribution in [0.5, 0.6) is 0 Å². The zero-order valence-electron chi connectivity index (χ0n) is 5.84. The topological polar surface area (TPSA) is 166 Å². The molecule has 12 heteroatoms. The second-order valence-corrected chi connectivity index (χ2v) is 5.22. The Balaban J connectivity index is 5.06. The fourth-order valence-electron chi connectivity index (χ4n) is 0.347. The van der Waals surface area contributed by atoms with Gasteiger partial charge in [-0.3, -0.25) is 0 Å². The molecule has 0 spiro atoms. The van der Waals surface area contributed by atoms with Gasteiger partial charge in [0, 0.05) is 18.9 Å². The van der Waals surface area contributed by atoms with Crippen LogP contribution in [0.15, 0.2) is 9.04 Å². The Hall–Kier alpha value is -1.48. The van der Waals surface area contributed by atoms with Crippen molar-refractivity contribution in [2.75, 3.05) is 5.08 Å². The second kappa shape index (κ2) is 3.96. The summed E-state index contributed by atoms with van der Waals surface area (Å²) in [6.07, 6.45) is 0. The third kappa shape index (κ3) is 4.87. The number of azide groups is 2. The zero-order chi connectivity index (χ0) is 10.5. The van der Waals surface area contributed by atoms with Crippen LogP contribution in [0.4, 0.5) is 0 Å². The number of rotatable bonds is 4. The van der Waals surface area contributed by atoms with Gasteiger partial charge in [-0.1, -0.05) is 0 Å². The lowest BCUT2D eigenvalue weighted by atomic mass is 11.9. The van der Waals surface area contributed by atoms with Gasteiger partial charge in [-0.2, -0.15) is 0 Å². The minimum absolute atomic E-state index is 1.53. The highest BCUT2D eigenvalue weighted by Gasteiger charge is 2.19. The van der Waals surface area contributed by atoms with Crippen molar-refractivity contribution in [1.29, 1.82) is 0 Å². The molecule has 0 radical (unpaired) electrons. The minimum Gasteiger partial charge on any atom is -0.220 e. The van der Waals surface area contributed by atoms with Crippen molar-refractivity contribution < 1.29 is 16.8 Å². The molecular formula is CH2N6O4S2. The molecule has 0 saturated carbocycles. The average molecular weight is 226 g/mol. The first-order valence-electron chi connectivity index (χ1n) is 2.41. The minimum atomic E-state index is -4.46. The van der Waals surface area contributed by atoms with E-state index in [1.807, 2.05) is 9.82 Å². The van der Waals surface area contributed by atoms with Crippen LogP contribution in [-0.4, -0.2) is 21.9 Å².